The minimum absolute atomic E-state index is 0.232. The molecule has 2 heterocycles. The normalized spacial score (nSPS) is 12.7. The van der Waals surface area contributed by atoms with Gasteiger partial charge in [-0.3, -0.25) is 9.20 Å². The van der Waals surface area contributed by atoms with Gasteiger partial charge in [0.2, 0.25) is 5.91 Å². The number of carbonyl (C=O) groups is 2. The summed E-state index contributed by atoms with van der Waals surface area (Å²) in [6.45, 7) is -0.232. The molecule has 0 bridgehead atoms. The van der Waals surface area contributed by atoms with Gasteiger partial charge in [-0.15, -0.1) is 11.3 Å². The number of esters is 1. The van der Waals surface area contributed by atoms with Crippen molar-refractivity contribution in [1.29, 1.82) is 0 Å². The predicted octanol–water partition coefficient (Wildman–Crippen LogP) is 0.712. The summed E-state index contributed by atoms with van der Waals surface area (Å²) in [5, 5.41) is 13.8. The van der Waals surface area contributed by atoms with Crippen molar-refractivity contribution in [2.24, 2.45) is 0 Å². The summed E-state index contributed by atoms with van der Waals surface area (Å²) < 4.78 is 6.08. The molecule has 0 aromatic carbocycles. The smallest absolute Gasteiger partial charge is 0.336 e. The Labute approximate surface area is 128 Å². The number of hydrogen-bond acceptors (Lipinski definition) is 6. The van der Waals surface area contributed by atoms with Crippen molar-refractivity contribution in [3.05, 3.63) is 28.5 Å². The van der Waals surface area contributed by atoms with Gasteiger partial charge in [-0.25, -0.2) is 9.78 Å². The SMILES string of the molecule is COC(=O)C(O)CNC(=O)/C=C/c1c(Cl)nc2sccn12. The van der Waals surface area contributed by atoms with Gasteiger partial charge in [0.25, 0.3) is 0 Å². The number of aliphatic hydroxyl groups is 1. The van der Waals surface area contributed by atoms with E-state index < -0.39 is 18.0 Å². The number of rotatable bonds is 5. The molecule has 0 spiro atoms. The number of amides is 1. The number of aliphatic hydroxyl groups excluding tert-OH is 1. The van der Waals surface area contributed by atoms with Gasteiger partial charge < -0.3 is 15.2 Å². The number of carbonyl (C=O) groups excluding carboxylic acids is 2. The minimum Gasteiger partial charge on any atom is -0.467 e. The third-order valence-corrected chi connectivity index (χ3v) is 3.62. The number of aromatic nitrogens is 2. The Morgan fingerprint density at radius 3 is 3.14 bits per heavy atom. The highest BCUT2D eigenvalue weighted by molar-refractivity contribution is 7.15. The largest absolute Gasteiger partial charge is 0.467 e. The first-order valence-electron chi connectivity index (χ1n) is 5.85. The van der Waals surface area contributed by atoms with Crippen LogP contribution in [0.15, 0.2) is 17.7 Å². The summed E-state index contributed by atoms with van der Waals surface area (Å²) in [5.41, 5.74) is 0.580. The van der Waals surface area contributed by atoms with Crippen LogP contribution in [0.25, 0.3) is 11.0 Å². The molecule has 0 aliphatic rings. The van der Waals surface area contributed by atoms with Gasteiger partial charge in [0.1, 0.15) is 0 Å². The zero-order chi connectivity index (χ0) is 15.4. The number of ether oxygens (including phenoxy) is 1. The van der Waals surface area contributed by atoms with Gasteiger partial charge in [-0.05, 0) is 6.08 Å². The Morgan fingerprint density at radius 1 is 1.67 bits per heavy atom. The van der Waals surface area contributed by atoms with E-state index in [1.54, 1.807) is 10.6 Å². The molecule has 1 amide bonds. The van der Waals surface area contributed by atoms with E-state index in [1.807, 2.05) is 5.38 Å². The van der Waals surface area contributed by atoms with Crippen molar-refractivity contribution in [2.75, 3.05) is 13.7 Å². The number of methoxy groups -OCH3 is 1. The van der Waals surface area contributed by atoms with Gasteiger partial charge in [-0.2, -0.15) is 0 Å². The average molecular weight is 330 g/mol. The molecule has 0 aliphatic heterocycles. The van der Waals surface area contributed by atoms with Crippen LogP contribution < -0.4 is 5.32 Å². The molecule has 7 nitrogen and oxygen atoms in total. The summed E-state index contributed by atoms with van der Waals surface area (Å²) >= 11 is 7.40. The van der Waals surface area contributed by atoms with Gasteiger partial charge in [0.15, 0.2) is 16.2 Å². The Bertz CT molecular complexity index is 694. The highest BCUT2D eigenvalue weighted by atomic mass is 35.5. The number of halogens is 1. The summed E-state index contributed by atoms with van der Waals surface area (Å²) in [6.07, 6.45) is 3.15. The second kappa shape index (κ2) is 6.70. The lowest BCUT2D eigenvalue weighted by atomic mass is 10.3. The minimum atomic E-state index is -1.39. The summed E-state index contributed by atoms with van der Waals surface area (Å²) in [5.74, 6) is -1.28. The molecule has 0 aliphatic carbocycles. The standard InChI is InChI=1S/C12H12ClN3O4S/c1-20-11(19)8(17)6-14-9(18)3-2-7-10(13)15-12-16(7)4-5-21-12/h2-5,8,17H,6H2,1H3,(H,14,18)/b3-2+. The number of hydrogen-bond donors (Lipinski definition) is 2. The lowest BCUT2D eigenvalue weighted by Gasteiger charge is -2.07. The number of nitrogens with one attached hydrogen (secondary N) is 1. The topological polar surface area (TPSA) is 92.9 Å². The Hall–Kier alpha value is -1.90. The maximum Gasteiger partial charge on any atom is 0.336 e. The molecule has 0 radical (unpaired) electrons. The molecular weight excluding hydrogens is 318 g/mol. The van der Waals surface area contributed by atoms with E-state index in [9.17, 15) is 14.7 Å². The van der Waals surface area contributed by atoms with Gasteiger partial charge in [-0.1, -0.05) is 11.6 Å². The van der Waals surface area contributed by atoms with E-state index in [1.165, 1.54) is 23.5 Å². The Balaban J connectivity index is 1.98. The van der Waals surface area contributed by atoms with Crippen molar-refractivity contribution < 1.29 is 19.4 Å². The quantitative estimate of drug-likeness (QED) is 0.622. The molecule has 0 fully saturated rings. The summed E-state index contributed by atoms with van der Waals surface area (Å²) in [7, 11) is 1.15. The van der Waals surface area contributed by atoms with E-state index >= 15 is 0 Å². The number of fused-ring (bicyclic) bond motifs is 1. The Kier molecular flexibility index (Phi) is 4.94. The third-order valence-electron chi connectivity index (χ3n) is 2.59. The molecule has 9 heteroatoms. The van der Waals surface area contributed by atoms with Crippen LogP contribution in [-0.2, 0) is 14.3 Å². The van der Waals surface area contributed by atoms with Crippen LogP contribution in [0.1, 0.15) is 5.69 Å². The molecular formula is C12H12ClN3O4S. The molecule has 1 unspecified atom stereocenters. The second-order valence-corrected chi connectivity index (χ2v) is 5.19. The van der Waals surface area contributed by atoms with Crippen molar-refractivity contribution >= 4 is 45.9 Å². The molecule has 2 aromatic rings. The molecule has 112 valence electrons. The molecule has 2 aromatic heterocycles. The Morgan fingerprint density at radius 2 is 2.43 bits per heavy atom. The van der Waals surface area contributed by atoms with E-state index in [4.69, 9.17) is 11.6 Å². The molecule has 2 N–H and O–H groups in total. The van der Waals surface area contributed by atoms with Crippen molar-refractivity contribution in [3.63, 3.8) is 0 Å². The highest BCUT2D eigenvalue weighted by Gasteiger charge is 2.15. The van der Waals surface area contributed by atoms with Gasteiger partial charge in [0.05, 0.1) is 19.3 Å². The molecule has 1 atom stereocenters. The lowest BCUT2D eigenvalue weighted by Crippen LogP contribution is -2.36. The van der Waals surface area contributed by atoms with E-state index in [0.29, 0.717) is 10.8 Å². The highest BCUT2D eigenvalue weighted by Crippen LogP contribution is 2.22. The molecule has 0 saturated carbocycles. The lowest BCUT2D eigenvalue weighted by molar-refractivity contribution is -0.150. The monoisotopic (exact) mass is 329 g/mol. The summed E-state index contributed by atoms with van der Waals surface area (Å²) in [4.78, 5) is 27.4. The van der Waals surface area contributed by atoms with Crippen LogP contribution in [0.5, 0.6) is 0 Å². The molecule has 2 rings (SSSR count). The fraction of sp³-hybridized carbons (Fsp3) is 0.250. The molecule has 21 heavy (non-hydrogen) atoms. The van der Waals surface area contributed by atoms with E-state index in [-0.39, 0.29) is 6.54 Å². The zero-order valence-corrected chi connectivity index (χ0v) is 12.5. The zero-order valence-electron chi connectivity index (χ0n) is 10.9. The van der Waals surface area contributed by atoms with Crippen molar-refractivity contribution in [1.82, 2.24) is 14.7 Å². The predicted molar refractivity (Wildman–Crippen MR) is 78.1 cm³/mol. The van der Waals surface area contributed by atoms with Crippen LogP contribution in [-0.4, -0.2) is 46.1 Å². The summed E-state index contributed by atoms with van der Waals surface area (Å²) in [6, 6.07) is 0. The number of nitrogens with zero attached hydrogens (tertiary/aromatic N) is 2. The fourth-order valence-electron chi connectivity index (χ4n) is 1.56. The maximum atomic E-state index is 11.6. The fourth-order valence-corrected chi connectivity index (χ4v) is 2.56. The van der Waals surface area contributed by atoms with Gasteiger partial charge in [0, 0.05) is 17.7 Å². The first-order valence-corrected chi connectivity index (χ1v) is 7.11. The number of thiazole rings is 1. The van der Waals surface area contributed by atoms with Crippen LogP contribution in [0.2, 0.25) is 5.15 Å². The first kappa shape index (κ1) is 15.5. The van der Waals surface area contributed by atoms with Gasteiger partial charge >= 0.3 is 5.97 Å². The van der Waals surface area contributed by atoms with Crippen LogP contribution in [0, 0.1) is 0 Å². The van der Waals surface area contributed by atoms with E-state index in [2.05, 4.69) is 15.0 Å². The van der Waals surface area contributed by atoms with Crippen LogP contribution in [0.4, 0.5) is 0 Å². The van der Waals surface area contributed by atoms with Crippen LogP contribution >= 0.6 is 22.9 Å². The number of imidazole rings is 1. The second-order valence-electron chi connectivity index (χ2n) is 3.96. The van der Waals surface area contributed by atoms with Crippen molar-refractivity contribution in [3.8, 4) is 0 Å². The first-order chi connectivity index (χ1) is 10.0. The maximum absolute atomic E-state index is 11.6. The van der Waals surface area contributed by atoms with E-state index in [0.717, 1.165) is 12.1 Å². The van der Waals surface area contributed by atoms with Crippen LogP contribution in [0.3, 0.4) is 0 Å². The average Bonchev–Trinajstić information content (AvgIpc) is 3.02. The van der Waals surface area contributed by atoms with Crippen molar-refractivity contribution in [2.45, 2.75) is 6.10 Å². The third kappa shape index (κ3) is 3.60. The molecule has 0 saturated heterocycles.